The third-order valence-corrected chi connectivity index (χ3v) is 1.13. The molecule has 114 valence electrons. The third kappa shape index (κ3) is 162. The molecule has 0 saturated heterocycles. The van der Waals surface area contributed by atoms with E-state index in [0.29, 0.717) is 0 Å². The van der Waals surface area contributed by atoms with Crippen LogP contribution in [0.1, 0.15) is 94.4 Å². The first-order valence-corrected chi connectivity index (χ1v) is 7.96. The minimum atomic E-state index is 1.18. The van der Waals surface area contributed by atoms with Crippen LogP contribution in [-0.4, -0.2) is 0 Å². The molecule has 0 unspecified atom stereocenters. The van der Waals surface area contributed by atoms with E-state index in [9.17, 15) is 0 Å². The van der Waals surface area contributed by atoms with Crippen LogP contribution in [0.2, 0.25) is 0 Å². The van der Waals surface area contributed by atoms with E-state index in [4.69, 9.17) is 0 Å². The first kappa shape index (κ1) is 30.5. The molecule has 0 aromatic carbocycles. The number of allylic oxidation sites excluding steroid dienone is 3. The van der Waals surface area contributed by atoms with Crippen molar-refractivity contribution in [1.82, 2.24) is 0 Å². The van der Waals surface area contributed by atoms with Crippen molar-refractivity contribution in [2.75, 3.05) is 0 Å². The van der Waals surface area contributed by atoms with Crippen LogP contribution in [0.3, 0.4) is 0 Å². The normalized spacial score (nSPS) is 7.17. The summed E-state index contributed by atoms with van der Waals surface area (Å²) in [5.41, 5.74) is 0. The average molecular weight is 259 g/mol. The lowest BCUT2D eigenvalue weighted by molar-refractivity contribution is 0.812. The lowest BCUT2D eigenvalue weighted by Crippen LogP contribution is -1.65. The SMILES string of the molecule is C=CC.CC.CC.CC/C=C\CCCC.CCC. The zero-order chi connectivity index (χ0) is 15.7. The van der Waals surface area contributed by atoms with Gasteiger partial charge in [-0.15, -0.1) is 6.58 Å². The van der Waals surface area contributed by atoms with Gasteiger partial charge in [0.1, 0.15) is 0 Å². The maximum absolute atomic E-state index is 3.36. The highest BCUT2D eigenvalue weighted by molar-refractivity contribution is 4.79. The number of hydrogen-bond acceptors (Lipinski definition) is 0. The molecule has 0 aromatic heterocycles. The molecule has 0 heterocycles. The highest BCUT2D eigenvalue weighted by Gasteiger charge is 1.74. The molecule has 0 heteroatoms. The topological polar surface area (TPSA) is 0 Å². The van der Waals surface area contributed by atoms with Crippen LogP contribution in [0.25, 0.3) is 0 Å². The van der Waals surface area contributed by atoms with E-state index in [1.165, 1.54) is 32.1 Å². The van der Waals surface area contributed by atoms with Crippen molar-refractivity contribution < 1.29 is 0 Å². The molecule has 0 amide bonds. The van der Waals surface area contributed by atoms with E-state index in [-0.39, 0.29) is 0 Å². The minimum Gasteiger partial charge on any atom is -0.103 e. The second-order valence-electron chi connectivity index (χ2n) is 3.14. The molecule has 0 rings (SSSR count). The lowest BCUT2D eigenvalue weighted by atomic mass is 10.2. The Hall–Kier alpha value is -0.520. The first-order chi connectivity index (χ1) is 8.74. The van der Waals surface area contributed by atoms with Crippen molar-refractivity contribution in [2.24, 2.45) is 0 Å². The molecule has 0 aliphatic carbocycles. The molecule has 0 bridgehead atoms. The first-order valence-electron chi connectivity index (χ1n) is 7.96. The van der Waals surface area contributed by atoms with Gasteiger partial charge in [-0.05, 0) is 19.8 Å². The fourth-order valence-electron chi connectivity index (χ4n) is 0.606. The van der Waals surface area contributed by atoms with E-state index < -0.39 is 0 Å². The number of hydrogen-bond donors (Lipinski definition) is 0. The largest absolute Gasteiger partial charge is 0.103 e. The van der Waals surface area contributed by atoms with Gasteiger partial charge in [0, 0.05) is 0 Å². The zero-order valence-electron chi connectivity index (χ0n) is 15.0. The van der Waals surface area contributed by atoms with Gasteiger partial charge in [0.25, 0.3) is 0 Å². The number of unbranched alkanes of at least 4 members (excludes halogenated alkanes) is 2. The predicted molar refractivity (Wildman–Crippen MR) is 93.5 cm³/mol. The quantitative estimate of drug-likeness (QED) is 0.356. The van der Waals surface area contributed by atoms with Crippen LogP contribution in [0.15, 0.2) is 24.8 Å². The van der Waals surface area contributed by atoms with Crippen LogP contribution in [-0.2, 0) is 0 Å². The zero-order valence-corrected chi connectivity index (χ0v) is 15.0. The smallest absolute Gasteiger partial charge is 0.0351 e. The molecule has 0 N–H and O–H groups in total. The molecule has 0 nitrogen and oxygen atoms in total. The van der Waals surface area contributed by atoms with Gasteiger partial charge in [-0.2, -0.15) is 0 Å². The van der Waals surface area contributed by atoms with Crippen molar-refractivity contribution in [3.8, 4) is 0 Å². The molecule has 0 radical (unpaired) electrons. The maximum Gasteiger partial charge on any atom is -0.0351 e. The fraction of sp³-hybridized carbons (Fsp3) is 0.778. The van der Waals surface area contributed by atoms with Crippen LogP contribution in [0, 0.1) is 0 Å². The van der Waals surface area contributed by atoms with Gasteiger partial charge in [-0.25, -0.2) is 0 Å². The fourth-order valence-corrected chi connectivity index (χ4v) is 0.606. The van der Waals surface area contributed by atoms with Gasteiger partial charge in [-0.3, -0.25) is 0 Å². The standard InChI is InChI=1S/C8H16.C3H8.C3H6.2C2H6/c1-3-5-7-8-6-4-2;2*1-3-2;2*1-2/h5,7H,3-4,6,8H2,1-2H3;3H2,1-2H3;3H,1H2,2H3;2*1-2H3/b7-5-;;;;. The maximum atomic E-state index is 3.36. The Balaban J connectivity index is -0.0000000473. The van der Waals surface area contributed by atoms with E-state index in [0.717, 1.165) is 0 Å². The van der Waals surface area contributed by atoms with Crippen molar-refractivity contribution >= 4 is 0 Å². The van der Waals surface area contributed by atoms with Crippen molar-refractivity contribution in [1.29, 1.82) is 0 Å². The Bertz CT molecular complexity index is 90.2. The Morgan fingerprint density at radius 2 is 1.17 bits per heavy atom. The monoisotopic (exact) mass is 258 g/mol. The van der Waals surface area contributed by atoms with Gasteiger partial charge in [0.2, 0.25) is 0 Å². The molecule has 0 fully saturated rings. The summed E-state index contributed by atoms with van der Waals surface area (Å²) in [6.45, 7) is 21.9. The summed E-state index contributed by atoms with van der Waals surface area (Å²) in [6, 6.07) is 0. The lowest BCUT2D eigenvalue weighted by Gasteiger charge is -1.85. The van der Waals surface area contributed by atoms with E-state index in [1.54, 1.807) is 6.08 Å². The molecule has 0 atom stereocenters. The average Bonchev–Trinajstić information content (AvgIpc) is 2.41. The Morgan fingerprint density at radius 3 is 1.39 bits per heavy atom. The molecule has 0 spiro atoms. The molecular weight excluding hydrogens is 216 g/mol. The summed E-state index contributed by atoms with van der Waals surface area (Å²) in [5.74, 6) is 0. The molecule has 0 aliphatic rings. The van der Waals surface area contributed by atoms with E-state index in [2.05, 4.69) is 46.4 Å². The highest BCUT2D eigenvalue weighted by atomic mass is 13.8. The Labute approximate surface area is 120 Å². The molecule has 18 heavy (non-hydrogen) atoms. The summed E-state index contributed by atoms with van der Waals surface area (Å²) >= 11 is 0. The molecule has 0 aliphatic heterocycles. The van der Waals surface area contributed by atoms with Crippen LogP contribution < -0.4 is 0 Å². The van der Waals surface area contributed by atoms with Gasteiger partial charge < -0.3 is 0 Å². The second-order valence-corrected chi connectivity index (χ2v) is 3.14. The second kappa shape index (κ2) is 70.6. The van der Waals surface area contributed by atoms with Gasteiger partial charge in [0.05, 0.1) is 0 Å². The third-order valence-electron chi connectivity index (χ3n) is 1.13. The van der Waals surface area contributed by atoms with E-state index in [1.807, 2.05) is 34.6 Å². The Kier molecular flexibility index (Phi) is 120. The molecule has 0 saturated carbocycles. The summed E-state index contributed by atoms with van der Waals surface area (Å²) < 4.78 is 0. The van der Waals surface area contributed by atoms with E-state index >= 15 is 0 Å². The summed E-state index contributed by atoms with van der Waals surface area (Å²) in [4.78, 5) is 0. The van der Waals surface area contributed by atoms with Gasteiger partial charge in [-0.1, -0.05) is 92.9 Å². The molecule has 0 aromatic rings. The predicted octanol–water partition coefficient (Wildman–Crippen LogP) is 7.80. The summed E-state index contributed by atoms with van der Waals surface area (Å²) in [6.07, 6.45) is 12.6. The van der Waals surface area contributed by atoms with Crippen molar-refractivity contribution in [3.05, 3.63) is 24.8 Å². The minimum absolute atomic E-state index is 1.18. The number of rotatable bonds is 4. The summed E-state index contributed by atoms with van der Waals surface area (Å²) in [7, 11) is 0. The van der Waals surface area contributed by atoms with Gasteiger partial charge in [0.15, 0.2) is 0 Å². The van der Waals surface area contributed by atoms with Crippen molar-refractivity contribution in [2.45, 2.75) is 94.4 Å². The van der Waals surface area contributed by atoms with Crippen LogP contribution in [0.4, 0.5) is 0 Å². The highest BCUT2D eigenvalue weighted by Crippen LogP contribution is 1.94. The van der Waals surface area contributed by atoms with Gasteiger partial charge >= 0.3 is 0 Å². The van der Waals surface area contributed by atoms with Crippen molar-refractivity contribution in [3.63, 3.8) is 0 Å². The molecular formula is C18H42. The van der Waals surface area contributed by atoms with Crippen LogP contribution >= 0.6 is 0 Å². The Morgan fingerprint density at radius 1 is 0.833 bits per heavy atom. The van der Waals surface area contributed by atoms with Crippen LogP contribution in [0.5, 0.6) is 0 Å². The summed E-state index contributed by atoms with van der Waals surface area (Å²) in [5, 5.41) is 0.